The summed E-state index contributed by atoms with van der Waals surface area (Å²) in [6.07, 6.45) is 0.861. The Bertz CT molecular complexity index is 1110. The van der Waals surface area contributed by atoms with Crippen molar-refractivity contribution in [2.45, 2.75) is 25.9 Å². The van der Waals surface area contributed by atoms with E-state index in [9.17, 15) is 4.79 Å². The SMILES string of the molecule is CC1(C)Cc2cccc(OCC#CCNC(=O)c3csc(-c4ccccc4)n3)c2O1. The van der Waals surface area contributed by atoms with Crippen LogP contribution in [0.2, 0.25) is 0 Å². The first-order chi connectivity index (χ1) is 14.5. The van der Waals surface area contributed by atoms with Gasteiger partial charge in [0.05, 0.1) is 6.54 Å². The summed E-state index contributed by atoms with van der Waals surface area (Å²) in [5, 5.41) is 5.34. The summed E-state index contributed by atoms with van der Waals surface area (Å²) < 4.78 is 11.7. The van der Waals surface area contributed by atoms with Crippen LogP contribution in [0.5, 0.6) is 11.5 Å². The summed E-state index contributed by atoms with van der Waals surface area (Å²) in [5.74, 6) is 7.10. The van der Waals surface area contributed by atoms with Gasteiger partial charge >= 0.3 is 0 Å². The number of fused-ring (bicyclic) bond motifs is 1. The van der Waals surface area contributed by atoms with Crippen LogP contribution < -0.4 is 14.8 Å². The van der Waals surface area contributed by atoms with E-state index in [4.69, 9.17) is 9.47 Å². The molecule has 0 saturated carbocycles. The minimum Gasteiger partial charge on any atom is -0.483 e. The molecule has 152 valence electrons. The van der Waals surface area contributed by atoms with Crippen molar-refractivity contribution in [2.24, 2.45) is 0 Å². The molecule has 0 atom stereocenters. The number of nitrogens with zero attached hydrogens (tertiary/aromatic N) is 1. The third-order valence-electron chi connectivity index (χ3n) is 4.57. The molecule has 0 unspecified atom stereocenters. The van der Waals surface area contributed by atoms with Crippen molar-refractivity contribution in [3.63, 3.8) is 0 Å². The van der Waals surface area contributed by atoms with E-state index >= 15 is 0 Å². The highest BCUT2D eigenvalue weighted by Gasteiger charge is 2.32. The van der Waals surface area contributed by atoms with Crippen molar-refractivity contribution in [3.05, 3.63) is 65.2 Å². The zero-order valence-corrected chi connectivity index (χ0v) is 17.7. The van der Waals surface area contributed by atoms with Crippen LogP contribution in [0.1, 0.15) is 29.9 Å². The smallest absolute Gasteiger partial charge is 0.271 e. The van der Waals surface area contributed by atoms with Crippen molar-refractivity contribution >= 4 is 17.2 Å². The van der Waals surface area contributed by atoms with E-state index < -0.39 is 0 Å². The lowest BCUT2D eigenvalue weighted by molar-refractivity contribution is 0.0954. The lowest BCUT2D eigenvalue weighted by Crippen LogP contribution is -2.24. The number of nitrogens with one attached hydrogen (secondary N) is 1. The molecule has 0 fully saturated rings. The van der Waals surface area contributed by atoms with Crippen LogP contribution in [-0.2, 0) is 6.42 Å². The van der Waals surface area contributed by atoms with Crippen LogP contribution in [0.25, 0.3) is 10.6 Å². The number of rotatable bonds is 5. The van der Waals surface area contributed by atoms with Gasteiger partial charge in [0.25, 0.3) is 5.91 Å². The number of carbonyl (C=O) groups is 1. The molecule has 1 aliphatic rings. The van der Waals surface area contributed by atoms with Crippen LogP contribution >= 0.6 is 11.3 Å². The maximum atomic E-state index is 12.2. The van der Waals surface area contributed by atoms with Gasteiger partial charge in [0, 0.05) is 22.9 Å². The third-order valence-corrected chi connectivity index (χ3v) is 5.47. The van der Waals surface area contributed by atoms with Crippen LogP contribution in [0.15, 0.2) is 53.9 Å². The number of thiazole rings is 1. The maximum absolute atomic E-state index is 12.2. The number of hydrogen-bond donors (Lipinski definition) is 1. The first-order valence-corrected chi connectivity index (χ1v) is 10.6. The monoisotopic (exact) mass is 418 g/mol. The van der Waals surface area contributed by atoms with Crippen LogP contribution in [0, 0.1) is 11.8 Å². The average Bonchev–Trinajstić information content (AvgIpc) is 3.35. The molecule has 2 aromatic carbocycles. The Morgan fingerprint density at radius 1 is 1.20 bits per heavy atom. The number of hydrogen-bond acceptors (Lipinski definition) is 5. The highest BCUT2D eigenvalue weighted by Crippen LogP contribution is 2.41. The van der Waals surface area contributed by atoms with E-state index in [-0.39, 0.29) is 24.7 Å². The summed E-state index contributed by atoms with van der Waals surface area (Å²) in [6.45, 7) is 4.58. The largest absolute Gasteiger partial charge is 0.483 e. The molecule has 1 aromatic heterocycles. The first-order valence-electron chi connectivity index (χ1n) is 9.70. The molecule has 2 heterocycles. The normalized spacial score (nSPS) is 13.5. The van der Waals surface area contributed by atoms with Crippen LogP contribution in [0.3, 0.4) is 0 Å². The van der Waals surface area contributed by atoms with Gasteiger partial charge in [-0.15, -0.1) is 11.3 Å². The molecular formula is C24H22N2O3S. The molecular weight excluding hydrogens is 396 g/mol. The Balaban J connectivity index is 1.26. The van der Waals surface area contributed by atoms with Gasteiger partial charge in [-0.05, 0) is 19.9 Å². The Labute approximate surface area is 180 Å². The summed E-state index contributed by atoms with van der Waals surface area (Å²) in [6, 6.07) is 15.7. The van der Waals surface area contributed by atoms with Gasteiger partial charge in [-0.3, -0.25) is 4.79 Å². The minimum atomic E-state index is -0.236. The molecule has 0 radical (unpaired) electrons. The Hall–Kier alpha value is -3.30. The second-order valence-electron chi connectivity index (χ2n) is 7.51. The van der Waals surface area contributed by atoms with E-state index in [2.05, 4.69) is 42.1 Å². The number of amides is 1. The van der Waals surface area contributed by atoms with Crippen molar-refractivity contribution in [1.29, 1.82) is 0 Å². The number of ether oxygens (including phenoxy) is 2. The van der Waals surface area contributed by atoms with Crippen molar-refractivity contribution in [1.82, 2.24) is 10.3 Å². The topological polar surface area (TPSA) is 60.5 Å². The Morgan fingerprint density at radius 2 is 2.03 bits per heavy atom. The second kappa shape index (κ2) is 8.60. The van der Waals surface area contributed by atoms with Gasteiger partial charge in [0.15, 0.2) is 11.5 Å². The fourth-order valence-corrected chi connectivity index (χ4v) is 4.04. The molecule has 1 N–H and O–H groups in total. The zero-order valence-electron chi connectivity index (χ0n) is 16.9. The predicted molar refractivity (Wildman–Crippen MR) is 118 cm³/mol. The van der Waals surface area contributed by atoms with Crippen molar-refractivity contribution in [3.8, 4) is 33.9 Å². The molecule has 0 bridgehead atoms. The third kappa shape index (κ3) is 4.64. The molecule has 0 spiro atoms. The first kappa shape index (κ1) is 20.0. The van der Waals surface area contributed by atoms with Gasteiger partial charge < -0.3 is 14.8 Å². The lowest BCUT2D eigenvalue weighted by atomic mass is 10.0. The molecule has 5 nitrogen and oxygen atoms in total. The van der Waals surface area contributed by atoms with E-state index in [1.807, 2.05) is 42.5 Å². The molecule has 1 aliphatic heterocycles. The number of para-hydroxylation sites is 1. The summed E-state index contributed by atoms with van der Waals surface area (Å²) in [4.78, 5) is 16.6. The van der Waals surface area contributed by atoms with Crippen LogP contribution in [-0.4, -0.2) is 29.6 Å². The summed E-state index contributed by atoms with van der Waals surface area (Å²) in [5.41, 5.74) is 2.33. The molecule has 1 amide bonds. The summed E-state index contributed by atoms with van der Waals surface area (Å²) >= 11 is 1.45. The fourth-order valence-electron chi connectivity index (χ4n) is 3.23. The van der Waals surface area contributed by atoms with Gasteiger partial charge in [0.2, 0.25) is 0 Å². The summed E-state index contributed by atoms with van der Waals surface area (Å²) in [7, 11) is 0. The average molecular weight is 419 g/mol. The van der Waals surface area contributed by atoms with Crippen molar-refractivity contribution in [2.75, 3.05) is 13.2 Å². The van der Waals surface area contributed by atoms with Crippen molar-refractivity contribution < 1.29 is 14.3 Å². The molecule has 30 heavy (non-hydrogen) atoms. The molecule has 6 heteroatoms. The van der Waals surface area contributed by atoms with E-state index in [0.717, 1.165) is 28.3 Å². The van der Waals surface area contributed by atoms with E-state index in [1.165, 1.54) is 11.3 Å². The van der Waals surface area contributed by atoms with Gasteiger partial charge in [-0.1, -0.05) is 54.3 Å². The standard InChI is InChI=1S/C24H22N2O3S/c1-24(2)15-18-11-8-12-20(21(18)29-24)28-14-7-6-13-25-22(27)19-16-30-23(26-19)17-9-4-3-5-10-17/h3-5,8-12,16H,13-15H2,1-2H3,(H,25,27). The lowest BCUT2D eigenvalue weighted by Gasteiger charge is -2.17. The quantitative estimate of drug-likeness (QED) is 0.627. The van der Waals surface area contributed by atoms with Gasteiger partial charge in [-0.25, -0.2) is 4.98 Å². The Kier molecular flexibility index (Phi) is 5.73. The fraction of sp³-hybridized carbons (Fsp3) is 0.250. The number of benzene rings is 2. The van der Waals surface area contributed by atoms with E-state index in [1.54, 1.807) is 5.38 Å². The maximum Gasteiger partial charge on any atom is 0.271 e. The second-order valence-corrected chi connectivity index (χ2v) is 8.37. The molecule has 0 aliphatic carbocycles. The molecule has 3 aromatic rings. The zero-order chi connectivity index (χ0) is 21.0. The van der Waals surface area contributed by atoms with Gasteiger partial charge in [0.1, 0.15) is 22.9 Å². The highest BCUT2D eigenvalue weighted by atomic mass is 32.1. The molecule has 4 rings (SSSR count). The molecule has 0 saturated heterocycles. The number of aromatic nitrogens is 1. The van der Waals surface area contributed by atoms with Gasteiger partial charge in [-0.2, -0.15) is 0 Å². The van der Waals surface area contributed by atoms with E-state index in [0.29, 0.717) is 11.4 Å². The van der Waals surface area contributed by atoms with Crippen LogP contribution in [0.4, 0.5) is 0 Å². The predicted octanol–water partition coefficient (Wildman–Crippen LogP) is 4.34. The minimum absolute atomic E-state index is 0.214. The Morgan fingerprint density at radius 3 is 2.87 bits per heavy atom. The number of carbonyl (C=O) groups excluding carboxylic acids is 1. The highest BCUT2D eigenvalue weighted by molar-refractivity contribution is 7.13.